The fraction of sp³-hybridized carbons (Fsp3) is 1.00. The van der Waals surface area contributed by atoms with Crippen LogP contribution in [0.25, 0.3) is 0 Å². The number of hydrogen-bond donors (Lipinski definition) is 3. The highest BCUT2D eigenvalue weighted by molar-refractivity contribution is 7.99. The summed E-state index contributed by atoms with van der Waals surface area (Å²) >= 11 is 7.92. The predicted molar refractivity (Wildman–Crippen MR) is 35.4 cm³/mol. The number of thiol groups is 2. The topological polar surface area (TPSA) is 26.0 Å². The summed E-state index contributed by atoms with van der Waals surface area (Å²) in [5, 5.41) is 0. The molecule has 0 aromatic rings. The molecule has 0 atom stereocenters. The molecule has 0 saturated heterocycles. The first-order valence-electron chi connectivity index (χ1n) is 1.83. The summed E-state index contributed by atoms with van der Waals surface area (Å²) in [5.41, 5.74) is 5.13. The zero-order valence-corrected chi connectivity index (χ0v) is 5.25. The molecule has 0 spiro atoms. The largest absolute Gasteiger partial charge is 0.330 e. The third kappa shape index (κ3) is 4.66. The highest BCUT2D eigenvalue weighted by Gasteiger charge is 1.87. The van der Waals surface area contributed by atoms with Gasteiger partial charge in [-0.05, 0) is 13.0 Å². The maximum Gasteiger partial charge on any atom is 0.0454 e. The summed E-state index contributed by atoms with van der Waals surface area (Å²) in [7, 11) is 0. The Morgan fingerprint density at radius 3 is 2.00 bits per heavy atom. The molecule has 0 aliphatic carbocycles. The molecule has 0 bridgehead atoms. The highest BCUT2D eigenvalue weighted by Crippen LogP contribution is 2.01. The Morgan fingerprint density at radius 2 is 2.00 bits per heavy atom. The van der Waals surface area contributed by atoms with E-state index in [0.717, 1.165) is 6.42 Å². The quantitative estimate of drug-likeness (QED) is 0.362. The minimum atomic E-state index is 0.162. The van der Waals surface area contributed by atoms with Crippen molar-refractivity contribution in [2.75, 3.05) is 6.54 Å². The minimum absolute atomic E-state index is 0.162. The fourth-order valence-electron chi connectivity index (χ4n) is 0.149. The van der Waals surface area contributed by atoms with E-state index in [9.17, 15) is 0 Å². The molecule has 0 unspecified atom stereocenters. The van der Waals surface area contributed by atoms with Crippen molar-refractivity contribution in [1.29, 1.82) is 0 Å². The van der Waals surface area contributed by atoms with Gasteiger partial charge in [0.25, 0.3) is 0 Å². The van der Waals surface area contributed by atoms with Gasteiger partial charge in [-0.25, -0.2) is 0 Å². The van der Waals surface area contributed by atoms with Crippen LogP contribution in [-0.4, -0.2) is 11.1 Å². The van der Waals surface area contributed by atoms with Crippen molar-refractivity contribution >= 4 is 25.3 Å². The van der Waals surface area contributed by atoms with Gasteiger partial charge in [0.15, 0.2) is 0 Å². The summed E-state index contributed by atoms with van der Waals surface area (Å²) < 4.78 is 0.162. The summed E-state index contributed by atoms with van der Waals surface area (Å²) in [6.07, 6.45) is 0.881. The Morgan fingerprint density at radius 1 is 1.50 bits per heavy atom. The first-order chi connectivity index (χ1) is 2.77. The van der Waals surface area contributed by atoms with Crippen molar-refractivity contribution in [3.8, 4) is 0 Å². The Labute approximate surface area is 49.1 Å². The maximum atomic E-state index is 5.13. The molecule has 0 heterocycles. The number of rotatable bonds is 2. The second-order valence-corrected chi connectivity index (χ2v) is 2.71. The van der Waals surface area contributed by atoms with Crippen LogP contribution in [0.3, 0.4) is 0 Å². The first-order valence-corrected chi connectivity index (χ1v) is 2.87. The maximum absolute atomic E-state index is 5.13. The van der Waals surface area contributed by atoms with Crippen molar-refractivity contribution in [3.63, 3.8) is 0 Å². The fourth-order valence-corrected chi connectivity index (χ4v) is 0.447. The van der Waals surface area contributed by atoms with E-state index in [1.165, 1.54) is 0 Å². The Hall–Kier alpha value is 0.660. The van der Waals surface area contributed by atoms with Crippen LogP contribution < -0.4 is 5.73 Å². The lowest BCUT2D eigenvalue weighted by atomic mass is 10.5. The summed E-state index contributed by atoms with van der Waals surface area (Å²) in [4.78, 5) is 0. The zero-order valence-electron chi connectivity index (χ0n) is 3.46. The average Bonchev–Trinajstić information content (AvgIpc) is 1.35. The number of nitrogens with two attached hydrogens (primary N) is 1. The van der Waals surface area contributed by atoms with Crippen LogP contribution in [-0.2, 0) is 0 Å². The summed E-state index contributed by atoms with van der Waals surface area (Å²) in [6, 6.07) is 0. The van der Waals surface area contributed by atoms with E-state index in [1.807, 2.05) is 0 Å². The van der Waals surface area contributed by atoms with Crippen molar-refractivity contribution in [2.24, 2.45) is 5.73 Å². The third-order valence-corrected chi connectivity index (χ3v) is 0.941. The second kappa shape index (κ2) is 3.84. The van der Waals surface area contributed by atoms with E-state index in [0.29, 0.717) is 6.54 Å². The van der Waals surface area contributed by atoms with Crippen molar-refractivity contribution in [2.45, 2.75) is 11.0 Å². The van der Waals surface area contributed by atoms with Gasteiger partial charge in [-0.3, -0.25) is 0 Å². The van der Waals surface area contributed by atoms with Crippen molar-refractivity contribution in [3.05, 3.63) is 0 Å². The summed E-state index contributed by atoms with van der Waals surface area (Å²) in [5.74, 6) is 0. The molecule has 0 aliphatic rings. The monoisotopic (exact) mass is 123 g/mol. The lowest BCUT2D eigenvalue weighted by molar-refractivity contribution is 0.921. The van der Waals surface area contributed by atoms with Crippen LogP contribution in [0.15, 0.2) is 0 Å². The predicted octanol–water partition coefficient (Wildman–Crippen LogP) is 0.521. The molecule has 6 heavy (non-hydrogen) atoms. The van der Waals surface area contributed by atoms with E-state index >= 15 is 0 Å². The highest BCUT2D eigenvalue weighted by atomic mass is 32.2. The average molecular weight is 123 g/mol. The molecule has 1 nitrogen and oxygen atoms in total. The zero-order chi connectivity index (χ0) is 4.99. The smallest absolute Gasteiger partial charge is 0.0454 e. The van der Waals surface area contributed by atoms with Gasteiger partial charge in [0.05, 0.1) is 0 Å². The van der Waals surface area contributed by atoms with Gasteiger partial charge in [0, 0.05) is 4.58 Å². The van der Waals surface area contributed by atoms with Crippen LogP contribution in [0.2, 0.25) is 0 Å². The van der Waals surface area contributed by atoms with Crippen LogP contribution in [0, 0.1) is 0 Å². The lowest BCUT2D eigenvalue weighted by Crippen LogP contribution is -2.02. The SMILES string of the molecule is NCCC(S)S. The van der Waals surface area contributed by atoms with Gasteiger partial charge in [0.2, 0.25) is 0 Å². The standard InChI is InChI=1S/C3H9NS2/c4-2-1-3(5)6/h3,5-6H,1-2,4H2. The third-order valence-electron chi connectivity index (χ3n) is 0.425. The van der Waals surface area contributed by atoms with E-state index in [1.54, 1.807) is 0 Å². The lowest BCUT2D eigenvalue weighted by Gasteiger charge is -1.94. The van der Waals surface area contributed by atoms with Crippen LogP contribution >= 0.6 is 25.3 Å². The minimum Gasteiger partial charge on any atom is -0.330 e. The molecule has 38 valence electrons. The molecule has 0 saturated carbocycles. The molecule has 0 amide bonds. The number of hydrogen-bond acceptors (Lipinski definition) is 3. The van der Waals surface area contributed by atoms with E-state index in [-0.39, 0.29) is 4.58 Å². The van der Waals surface area contributed by atoms with Crippen LogP contribution in [0.4, 0.5) is 0 Å². The molecule has 3 heteroatoms. The Balaban J connectivity index is 2.63. The van der Waals surface area contributed by atoms with Crippen LogP contribution in [0.1, 0.15) is 6.42 Å². The van der Waals surface area contributed by atoms with Gasteiger partial charge in [-0.15, -0.1) is 0 Å². The van der Waals surface area contributed by atoms with Gasteiger partial charge >= 0.3 is 0 Å². The Kier molecular flexibility index (Phi) is 4.26. The molecule has 0 rings (SSSR count). The molecule has 0 radical (unpaired) electrons. The van der Waals surface area contributed by atoms with Gasteiger partial charge in [-0.2, -0.15) is 25.3 Å². The van der Waals surface area contributed by atoms with E-state index in [2.05, 4.69) is 25.3 Å². The van der Waals surface area contributed by atoms with E-state index < -0.39 is 0 Å². The van der Waals surface area contributed by atoms with E-state index in [4.69, 9.17) is 5.73 Å². The molecular weight excluding hydrogens is 114 g/mol. The normalized spacial score (nSPS) is 10.0. The van der Waals surface area contributed by atoms with Gasteiger partial charge < -0.3 is 5.73 Å². The molecule has 0 fully saturated rings. The molecule has 0 aromatic heterocycles. The molecule has 0 aromatic carbocycles. The van der Waals surface area contributed by atoms with Crippen molar-refractivity contribution < 1.29 is 0 Å². The van der Waals surface area contributed by atoms with Crippen LogP contribution in [0.5, 0.6) is 0 Å². The second-order valence-electron chi connectivity index (χ2n) is 1.06. The molecule has 0 aliphatic heterocycles. The summed E-state index contributed by atoms with van der Waals surface area (Å²) in [6.45, 7) is 0.678. The first kappa shape index (κ1) is 6.66. The Bertz CT molecular complexity index is 30.0. The molecule has 2 N–H and O–H groups in total. The molecular formula is C3H9NS2. The van der Waals surface area contributed by atoms with Crippen molar-refractivity contribution in [1.82, 2.24) is 0 Å². The van der Waals surface area contributed by atoms with Gasteiger partial charge in [-0.1, -0.05) is 0 Å². The van der Waals surface area contributed by atoms with Gasteiger partial charge in [0.1, 0.15) is 0 Å².